The molecule has 41 heavy (non-hydrogen) atoms. The second-order valence-corrected chi connectivity index (χ2v) is 10.6. The smallest absolute Gasteiger partial charge is 0.290 e. The normalized spacial score (nSPS) is 23.8. The van der Waals surface area contributed by atoms with E-state index < -0.39 is 18.2 Å². The van der Waals surface area contributed by atoms with Gasteiger partial charge in [-0.3, -0.25) is 19.2 Å². The maximum Gasteiger partial charge on any atom is 0.290 e. The molecule has 0 unspecified atom stereocenters. The first-order valence-corrected chi connectivity index (χ1v) is 14.4. The van der Waals surface area contributed by atoms with E-state index in [1.54, 1.807) is 4.90 Å². The number of fused-ring (bicyclic) bond motifs is 2. The number of ether oxygens (including phenoxy) is 1. The number of carbonyl (C=O) groups is 4. The van der Waals surface area contributed by atoms with E-state index in [9.17, 15) is 14.4 Å². The van der Waals surface area contributed by atoms with Crippen molar-refractivity contribution in [1.29, 1.82) is 0 Å². The van der Waals surface area contributed by atoms with Crippen LogP contribution in [0.2, 0.25) is 0 Å². The highest BCUT2D eigenvalue weighted by Crippen LogP contribution is 2.23. The predicted octanol–water partition coefficient (Wildman–Crippen LogP) is 1.87. The summed E-state index contributed by atoms with van der Waals surface area (Å²) in [5.41, 5.74) is 1.07. The van der Waals surface area contributed by atoms with Crippen molar-refractivity contribution in [3.05, 3.63) is 47.5 Å². The standard InChI is InChI=1S/C28H38N6O4.CH2O2/c1-20-29-26-22(19-21-9-3-2-4-10-21)30-27(36)23-11-5-6-15-33(23)25(35)13-7-14-32(16-17-34(26)31-20)28(37)24-12-8-18-38-24;2-1-3/h2-4,9-10,22-24H,5-8,11-19H2,1H3,(H,30,36);1H,(H,2,3)/t22-,23+,24+;/m1./s1. The molecule has 0 aliphatic carbocycles. The first-order valence-electron chi connectivity index (χ1n) is 14.4. The molecule has 3 amide bonds. The van der Waals surface area contributed by atoms with Gasteiger partial charge in [0, 0.05) is 32.7 Å². The summed E-state index contributed by atoms with van der Waals surface area (Å²) in [6.07, 6.45) is 5.02. The molecule has 5 rings (SSSR count). The van der Waals surface area contributed by atoms with Gasteiger partial charge >= 0.3 is 0 Å². The summed E-state index contributed by atoms with van der Waals surface area (Å²) in [4.78, 5) is 56.9. The minimum atomic E-state index is -0.500. The summed E-state index contributed by atoms with van der Waals surface area (Å²) in [6.45, 7) is 4.11. The number of aryl methyl sites for hydroxylation is 1. The van der Waals surface area contributed by atoms with Gasteiger partial charge in [0.05, 0.1) is 12.6 Å². The van der Waals surface area contributed by atoms with Crippen molar-refractivity contribution >= 4 is 24.2 Å². The van der Waals surface area contributed by atoms with E-state index in [1.165, 1.54) is 0 Å². The van der Waals surface area contributed by atoms with Gasteiger partial charge in [-0.05, 0) is 57.4 Å². The number of hydrogen-bond donors (Lipinski definition) is 2. The summed E-state index contributed by atoms with van der Waals surface area (Å²) in [6, 6.07) is 9.06. The lowest BCUT2D eigenvalue weighted by molar-refractivity contribution is -0.144. The SMILES string of the molecule is Cc1nc2n(n1)CCN(C(=O)[C@@H]1CCCO1)CCCC(=O)N1CCCC[C@H]1C(=O)N[C@@H]2Cc1ccccc1.O=CO. The number of carbonyl (C=O) groups excluding carboxylic acids is 3. The maximum absolute atomic E-state index is 13.6. The molecule has 0 spiro atoms. The number of hydrogen-bond acceptors (Lipinski definition) is 7. The van der Waals surface area contributed by atoms with E-state index in [4.69, 9.17) is 19.6 Å². The van der Waals surface area contributed by atoms with Crippen LogP contribution in [0.4, 0.5) is 0 Å². The molecular weight excluding hydrogens is 528 g/mol. The van der Waals surface area contributed by atoms with Crippen LogP contribution < -0.4 is 5.32 Å². The van der Waals surface area contributed by atoms with E-state index in [2.05, 4.69) is 10.4 Å². The van der Waals surface area contributed by atoms with Crippen molar-refractivity contribution < 1.29 is 29.0 Å². The van der Waals surface area contributed by atoms with Crippen molar-refractivity contribution in [3.8, 4) is 0 Å². The summed E-state index contributed by atoms with van der Waals surface area (Å²) < 4.78 is 7.52. The van der Waals surface area contributed by atoms with E-state index in [0.717, 1.165) is 31.2 Å². The Labute approximate surface area is 240 Å². The van der Waals surface area contributed by atoms with Gasteiger partial charge in [-0.15, -0.1) is 0 Å². The highest BCUT2D eigenvalue weighted by molar-refractivity contribution is 5.88. The van der Waals surface area contributed by atoms with Crippen molar-refractivity contribution in [2.45, 2.75) is 83.0 Å². The van der Waals surface area contributed by atoms with Gasteiger partial charge in [0.2, 0.25) is 11.8 Å². The fourth-order valence-electron chi connectivity index (χ4n) is 5.81. The van der Waals surface area contributed by atoms with Crippen molar-refractivity contribution in [2.24, 2.45) is 0 Å². The number of nitrogens with one attached hydrogen (secondary N) is 1. The van der Waals surface area contributed by atoms with E-state index in [1.807, 2.05) is 46.8 Å². The van der Waals surface area contributed by atoms with Crippen LogP contribution in [0, 0.1) is 6.92 Å². The Hall–Kier alpha value is -3.80. The molecule has 3 aliphatic heterocycles. The second kappa shape index (κ2) is 14.7. The Balaban J connectivity index is 0.00000124. The Kier molecular flexibility index (Phi) is 10.8. The molecule has 1 aromatic carbocycles. The minimum absolute atomic E-state index is 0.0228. The molecule has 0 saturated carbocycles. The summed E-state index contributed by atoms with van der Waals surface area (Å²) in [5.74, 6) is 1.09. The van der Waals surface area contributed by atoms with Gasteiger partial charge < -0.3 is 25.0 Å². The number of nitrogens with zero attached hydrogens (tertiary/aromatic N) is 5. The Morgan fingerprint density at radius 3 is 2.59 bits per heavy atom. The molecule has 3 atom stereocenters. The lowest BCUT2D eigenvalue weighted by atomic mass is 9.99. The van der Waals surface area contributed by atoms with Gasteiger partial charge in [0.25, 0.3) is 12.4 Å². The molecular formula is C29H40N6O6. The highest BCUT2D eigenvalue weighted by Gasteiger charge is 2.35. The predicted molar refractivity (Wildman–Crippen MR) is 149 cm³/mol. The van der Waals surface area contributed by atoms with Gasteiger partial charge in [0.15, 0.2) is 0 Å². The number of carboxylic acid groups (broad SMARTS) is 1. The minimum Gasteiger partial charge on any atom is -0.483 e. The van der Waals surface area contributed by atoms with Crippen LogP contribution in [0.25, 0.3) is 0 Å². The lowest BCUT2D eigenvalue weighted by Gasteiger charge is -2.36. The third-order valence-electron chi connectivity index (χ3n) is 7.76. The van der Waals surface area contributed by atoms with Crippen molar-refractivity contribution in [1.82, 2.24) is 29.9 Å². The van der Waals surface area contributed by atoms with Crippen molar-refractivity contribution in [3.63, 3.8) is 0 Å². The van der Waals surface area contributed by atoms with Crippen LogP contribution in [0.3, 0.4) is 0 Å². The number of rotatable bonds is 3. The van der Waals surface area contributed by atoms with Gasteiger partial charge in [-0.1, -0.05) is 30.3 Å². The van der Waals surface area contributed by atoms with Crippen LogP contribution in [-0.4, -0.2) is 92.3 Å². The average molecular weight is 569 g/mol. The van der Waals surface area contributed by atoms with Crippen molar-refractivity contribution in [2.75, 3.05) is 26.2 Å². The maximum atomic E-state index is 13.6. The fourth-order valence-corrected chi connectivity index (χ4v) is 5.81. The van der Waals surface area contributed by atoms with E-state index in [-0.39, 0.29) is 24.2 Å². The zero-order valence-corrected chi connectivity index (χ0v) is 23.6. The molecule has 0 bridgehead atoms. The number of piperidine rings is 1. The first-order chi connectivity index (χ1) is 19.9. The molecule has 12 nitrogen and oxygen atoms in total. The van der Waals surface area contributed by atoms with Crippen LogP contribution >= 0.6 is 0 Å². The van der Waals surface area contributed by atoms with Crippen LogP contribution in [0.15, 0.2) is 30.3 Å². The third kappa shape index (κ3) is 7.90. The second-order valence-electron chi connectivity index (χ2n) is 10.6. The lowest BCUT2D eigenvalue weighted by Crippen LogP contribution is -2.53. The summed E-state index contributed by atoms with van der Waals surface area (Å²) in [5, 5.41) is 14.8. The fraction of sp³-hybridized carbons (Fsp3) is 0.586. The quantitative estimate of drug-likeness (QED) is 0.534. The monoisotopic (exact) mass is 568 g/mol. The molecule has 12 heteroatoms. The van der Waals surface area contributed by atoms with Crippen LogP contribution in [0.5, 0.6) is 0 Å². The average Bonchev–Trinajstić information content (AvgIpc) is 3.65. The number of amides is 3. The Morgan fingerprint density at radius 1 is 1.07 bits per heavy atom. The molecule has 2 N–H and O–H groups in total. The van der Waals surface area contributed by atoms with E-state index >= 15 is 0 Å². The van der Waals surface area contributed by atoms with Gasteiger partial charge in [0.1, 0.15) is 23.8 Å². The molecule has 222 valence electrons. The first kappa shape index (κ1) is 30.2. The molecule has 3 aliphatic rings. The van der Waals surface area contributed by atoms with Gasteiger partial charge in [-0.2, -0.15) is 5.10 Å². The molecule has 2 aromatic rings. The molecule has 1 aromatic heterocycles. The summed E-state index contributed by atoms with van der Waals surface area (Å²) in [7, 11) is 0. The topological polar surface area (TPSA) is 147 Å². The number of benzene rings is 1. The zero-order chi connectivity index (χ0) is 29.2. The molecule has 0 radical (unpaired) electrons. The molecule has 4 heterocycles. The van der Waals surface area contributed by atoms with Gasteiger partial charge in [-0.25, -0.2) is 9.67 Å². The molecule has 2 saturated heterocycles. The Morgan fingerprint density at radius 2 is 1.85 bits per heavy atom. The largest absolute Gasteiger partial charge is 0.483 e. The number of aromatic nitrogens is 3. The molecule has 2 fully saturated rings. The van der Waals surface area contributed by atoms with Crippen LogP contribution in [0.1, 0.15) is 68.2 Å². The van der Waals surface area contributed by atoms with Crippen LogP contribution in [-0.2, 0) is 36.9 Å². The third-order valence-corrected chi connectivity index (χ3v) is 7.76. The Bertz CT molecular complexity index is 1180. The summed E-state index contributed by atoms with van der Waals surface area (Å²) >= 11 is 0. The van der Waals surface area contributed by atoms with E-state index in [0.29, 0.717) is 70.1 Å². The highest BCUT2D eigenvalue weighted by atomic mass is 16.5. The zero-order valence-electron chi connectivity index (χ0n) is 23.6.